The van der Waals surface area contributed by atoms with Crippen molar-refractivity contribution in [2.75, 3.05) is 0 Å². The maximum Gasteiger partial charge on any atom is 0.150 e. The number of ether oxygens (including phenoxy) is 1. The first kappa shape index (κ1) is 12.3. The molecule has 0 fully saturated rings. The van der Waals surface area contributed by atoms with E-state index < -0.39 is 0 Å². The van der Waals surface area contributed by atoms with Crippen molar-refractivity contribution < 1.29 is 13.9 Å². The van der Waals surface area contributed by atoms with Gasteiger partial charge in [0.1, 0.15) is 23.6 Å². The van der Waals surface area contributed by atoms with Crippen molar-refractivity contribution in [1.29, 1.82) is 0 Å². The van der Waals surface area contributed by atoms with Gasteiger partial charge in [0.25, 0.3) is 0 Å². The molecule has 18 heavy (non-hydrogen) atoms. The summed E-state index contributed by atoms with van der Waals surface area (Å²) in [6, 6.07) is 9.84. The molecule has 0 bridgehead atoms. The van der Waals surface area contributed by atoms with Crippen LogP contribution in [0.4, 0.5) is 4.39 Å². The molecule has 2 aromatic rings. The second-order valence-electron chi connectivity index (χ2n) is 4.16. The minimum absolute atomic E-state index is 0.309. The Kier molecular flexibility index (Phi) is 3.42. The van der Waals surface area contributed by atoms with Crippen LogP contribution < -0.4 is 4.74 Å². The maximum absolute atomic E-state index is 13.4. The van der Waals surface area contributed by atoms with Crippen LogP contribution in [-0.2, 0) is 0 Å². The largest absolute Gasteiger partial charge is 0.457 e. The lowest BCUT2D eigenvalue weighted by molar-refractivity contribution is 0.112. The molecule has 0 spiro atoms. The van der Waals surface area contributed by atoms with Crippen LogP contribution in [0.2, 0.25) is 0 Å². The lowest BCUT2D eigenvalue weighted by atomic mass is 10.1. The van der Waals surface area contributed by atoms with Gasteiger partial charge in [-0.25, -0.2) is 4.39 Å². The van der Waals surface area contributed by atoms with Crippen molar-refractivity contribution in [3.63, 3.8) is 0 Å². The van der Waals surface area contributed by atoms with Gasteiger partial charge in [-0.05, 0) is 37.1 Å². The van der Waals surface area contributed by atoms with Crippen molar-refractivity contribution in [2.24, 2.45) is 0 Å². The Bertz CT molecular complexity index is 591. The molecule has 0 aromatic heterocycles. The zero-order valence-electron chi connectivity index (χ0n) is 10.2. The van der Waals surface area contributed by atoms with Crippen LogP contribution in [-0.4, -0.2) is 6.29 Å². The Balaban J connectivity index is 2.33. The minimum atomic E-state index is -0.309. The summed E-state index contributed by atoms with van der Waals surface area (Å²) in [5, 5.41) is 0. The van der Waals surface area contributed by atoms with Gasteiger partial charge in [-0.3, -0.25) is 4.79 Å². The highest BCUT2D eigenvalue weighted by atomic mass is 19.1. The third kappa shape index (κ3) is 2.56. The number of rotatable bonds is 3. The summed E-state index contributed by atoms with van der Waals surface area (Å²) in [5.41, 5.74) is 1.99. The molecular formula is C15H13FO2. The van der Waals surface area contributed by atoms with Crippen LogP contribution in [0.15, 0.2) is 36.4 Å². The van der Waals surface area contributed by atoms with Gasteiger partial charge < -0.3 is 4.74 Å². The van der Waals surface area contributed by atoms with Gasteiger partial charge in [0, 0.05) is 11.6 Å². The van der Waals surface area contributed by atoms with Crippen molar-refractivity contribution in [3.05, 3.63) is 58.9 Å². The number of benzene rings is 2. The van der Waals surface area contributed by atoms with Crippen molar-refractivity contribution in [1.82, 2.24) is 0 Å². The summed E-state index contributed by atoms with van der Waals surface area (Å²) in [7, 11) is 0. The third-order valence-electron chi connectivity index (χ3n) is 2.72. The van der Waals surface area contributed by atoms with E-state index >= 15 is 0 Å². The Morgan fingerprint density at radius 2 is 1.78 bits per heavy atom. The van der Waals surface area contributed by atoms with Gasteiger partial charge in [0.05, 0.1) is 0 Å². The van der Waals surface area contributed by atoms with E-state index in [1.165, 1.54) is 6.07 Å². The molecule has 0 heterocycles. The quantitative estimate of drug-likeness (QED) is 0.761. The monoisotopic (exact) mass is 244 g/mol. The zero-order valence-corrected chi connectivity index (χ0v) is 10.2. The van der Waals surface area contributed by atoms with E-state index in [1.807, 2.05) is 6.92 Å². The molecule has 2 rings (SSSR count). The molecule has 0 saturated heterocycles. The van der Waals surface area contributed by atoms with E-state index in [9.17, 15) is 9.18 Å². The van der Waals surface area contributed by atoms with Gasteiger partial charge >= 0.3 is 0 Å². The minimum Gasteiger partial charge on any atom is -0.457 e. The summed E-state index contributed by atoms with van der Waals surface area (Å²) in [4.78, 5) is 10.7. The Morgan fingerprint density at radius 1 is 1.06 bits per heavy atom. The molecule has 0 atom stereocenters. The summed E-state index contributed by atoms with van der Waals surface area (Å²) in [6.45, 7) is 3.56. The number of hydrogen-bond donors (Lipinski definition) is 0. The van der Waals surface area contributed by atoms with Crippen molar-refractivity contribution in [2.45, 2.75) is 13.8 Å². The maximum atomic E-state index is 13.4. The second-order valence-corrected chi connectivity index (χ2v) is 4.16. The molecule has 0 unspecified atom stereocenters. The molecular weight excluding hydrogens is 231 g/mol. The number of carbonyl (C=O) groups is 1. The van der Waals surface area contributed by atoms with Crippen LogP contribution in [0.1, 0.15) is 21.5 Å². The topological polar surface area (TPSA) is 26.3 Å². The molecule has 2 aromatic carbocycles. The molecule has 3 heteroatoms. The molecule has 2 nitrogen and oxygen atoms in total. The SMILES string of the molecule is Cc1ccc(Oc2cc(C=O)ccc2C)cc1F. The van der Waals surface area contributed by atoms with Crippen molar-refractivity contribution in [3.8, 4) is 11.5 Å². The lowest BCUT2D eigenvalue weighted by Gasteiger charge is -2.09. The fraction of sp³-hybridized carbons (Fsp3) is 0.133. The lowest BCUT2D eigenvalue weighted by Crippen LogP contribution is -1.91. The summed E-state index contributed by atoms with van der Waals surface area (Å²) in [6.07, 6.45) is 0.752. The van der Waals surface area contributed by atoms with E-state index in [1.54, 1.807) is 37.3 Å². The molecule has 0 amide bonds. The molecule has 0 saturated carbocycles. The molecule has 0 aliphatic heterocycles. The van der Waals surface area contributed by atoms with Crippen LogP contribution in [0, 0.1) is 19.7 Å². The number of halogens is 1. The first-order chi connectivity index (χ1) is 8.60. The van der Waals surface area contributed by atoms with E-state index in [0.717, 1.165) is 11.8 Å². The van der Waals surface area contributed by atoms with Gasteiger partial charge in [-0.1, -0.05) is 18.2 Å². The second kappa shape index (κ2) is 5.00. The number of aldehydes is 1. The van der Waals surface area contributed by atoms with Gasteiger partial charge in [-0.15, -0.1) is 0 Å². The average Bonchev–Trinajstić information content (AvgIpc) is 2.36. The van der Waals surface area contributed by atoms with Gasteiger partial charge in [0.15, 0.2) is 0 Å². The highest BCUT2D eigenvalue weighted by molar-refractivity contribution is 5.75. The molecule has 0 aliphatic rings. The van der Waals surface area contributed by atoms with Crippen molar-refractivity contribution >= 4 is 6.29 Å². The normalized spacial score (nSPS) is 10.2. The fourth-order valence-corrected chi connectivity index (χ4v) is 1.56. The molecule has 0 aliphatic carbocycles. The summed E-state index contributed by atoms with van der Waals surface area (Å²) in [5.74, 6) is 0.670. The van der Waals surface area contributed by atoms with E-state index in [2.05, 4.69) is 0 Å². The van der Waals surface area contributed by atoms with Gasteiger partial charge in [-0.2, -0.15) is 0 Å². The van der Waals surface area contributed by atoms with Crippen LogP contribution in [0.25, 0.3) is 0 Å². The summed E-state index contributed by atoms with van der Waals surface area (Å²) >= 11 is 0. The Hall–Kier alpha value is -2.16. The van der Waals surface area contributed by atoms with E-state index in [0.29, 0.717) is 22.6 Å². The number of hydrogen-bond acceptors (Lipinski definition) is 2. The van der Waals surface area contributed by atoms with E-state index in [-0.39, 0.29) is 5.82 Å². The standard InChI is InChI=1S/C15H13FO2/c1-10-4-6-13(8-14(10)16)18-15-7-12(9-17)5-3-11(15)2/h3-9H,1-2H3. The predicted molar refractivity (Wildman–Crippen MR) is 67.8 cm³/mol. The first-order valence-electron chi connectivity index (χ1n) is 5.60. The zero-order chi connectivity index (χ0) is 13.1. The molecule has 0 radical (unpaired) electrons. The predicted octanol–water partition coefficient (Wildman–Crippen LogP) is 4.05. The Morgan fingerprint density at radius 3 is 2.44 bits per heavy atom. The Labute approximate surface area is 105 Å². The molecule has 92 valence electrons. The van der Waals surface area contributed by atoms with Crippen LogP contribution in [0.5, 0.6) is 11.5 Å². The van der Waals surface area contributed by atoms with E-state index in [4.69, 9.17) is 4.74 Å². The number of carbonyl (C=O) groups excluding carboxylic acids is 1. The smallest absolute Gasteiger partial charge is 0.150 e. The first-order valence-corrected chi connectivity index (χ1v) is 5.60. The fourth-order valence-electron chi connectivity index (χ4n) is 1.56. The molecule has 0 N–H and O–H groups in total. The number of aryl methyl sites for hydroxylation is 2. The third-order valence-corrected chi connectivity index (χ3v) is 2.72. The average molecular weight is 244 g/mol. The highest BCUT2D eigenvalue weighted by Gasteiger charge is 2.05. The van der Waals surface area contributed by atoms with Gasteiger partial charge in [0.2, 0.25) is 0 Å². The van der Waals surface area contributed by atoms with Crippen LogP contribution >= 0.6 is 0 Å². The summed E-state index contributed by atoms with van der Waals surface area (Å²) < 4.78 is 19.0. The van der Waals surface area contributed by atoms with Crippen LogP contribution in [0.3, 0.4) is 0 Å². The highest BCUT2D eigenvalue weighted by Crippen LogP contribution is 2.26.